The van der Waals surface area contributed by atoms with E-state index in [0.717, 1.165) is 0 Å². The summed E-state index contributed by atoms with van der Waals surface area (Å²) in [5.74, 6) is 0.517. The predicted octanol–water partition coefficient (Wildman–Crippen LogP) is 2.65. The van der Waals surface area contributed by atoms with Gasteiger partial charge in [-0.1, -0.05) is 45.2 Å². The fourth-order valence-electron chi connectivity index (χ4n) is 4.73. The summed E-state index contributed by atoms with van der Waals surface area (Å²) in [6.45, 7) is 4.95. The number of piperazine rings is 1. The fraction of sp³-hybridized carbons (Fsp3) is 0.652. The first-order valence-electron chi connectivity index (χ1n) is 11.6. The van der Waals surface area contributed by atoms with Gasteiger partial charge < -0.3 is 16.0 Å². The van der Waals surface area contributed by atoms with E-state index in [1.807, 2.05) is 26.0 Å². The molecule has 178 valence electrons. The highest BCUT2D eigenvalue weighted by molar-refractivity contribution is 7.89. The molecule has 9 heteroatoms. The molecule has 1 saturated carbocycles. The first-order chi connectivity index (χ1) is 15.2. The minimum absolute atomic E-state index is 0.203. The molecule has 2 fully saturated rings. The van der Waals surface area contributed by atoms with E-state index in [2.05, 4.69) is 5.32 Å². The van der Waals surface area contributed by atoms with Gasteiger partial charge in [0, 0.05) is 26.2 Å². The Morgan fingerprint density at radius 1 is 1.03 bits per heavy atom. The molecule has 1 atom stereocenters. The summed E-state index contributed by atoms with van der Waals surface area (Å²) < 4.78 is 27.7. The van der Waals surface area contributed by atoms with E-state index >= 15 is 0 Å². The Morgan fingerprint density at radius 3 is 2.16 bits per heavy atom. The fourth-order valence-corrected chi connectivity index (χ4v) is 6.15. The van der Waals surface area contributed by atoms with Crippen LogP contribution in [0.2, 0.25) is 0 Å². The number of primary amides is 1. The van der Waals surface area contributed by atoms with Gasteiger partial charge in [0.2, 0.25) is 15.9 Å². The molecule has 0 aromatic heterocycles. The Balaban J connectivity index is 1.61. The zero-order chi connectivity index (χ0) is 23.3. The Bertz CT molecular complexity index is 887. The average molecular weight is 465 g/mol. The first-order valence-corrected chi connectivity index (χ1v) is 13.1. The van der Waals surface area contributed by atoms with Crippen molar-refractivity contribution in [1.29, 1.82) is 0 Å². The van der Waals surface area contributed by atoms with E-state index < -0.39 is 22.1 Å². The number of hydrogen-bond acceptors (Lipinski definition) is 4. The molecule has 3 N–H and O–H groups in total. The maximum atomic E-state index is 13.1. The number of rotatable bonds is 7. The maximum absolute atomic E-state index is 13.1. The summed E-state index contributed by atoms with van der Waals surface area (Å²) in [7, 11) is -3.61. The number of sulfonamides is 1. The number of carbonyl (C=O) groups excluding carboxylic acids is 2. The number of benzene rings is 1. The third kappa shape index (κ3) is 6.01. The molecule has 32 heavy (non-hydrogen) atoms. The number of carbonyl (C=O) groups is 2. The van der Waals surface area contributed by atoms with Gasteiger partial charge in [0.25, 0.3) is 0 Å². The number of hydrogen-bond donors (Lipinski definition) is 2. The van der Waals surface area contributed by atoms with Crippen molar-refractivity contribution in [3.05, 3.63) is 29.8 Å². The molecule has 1 aromatic carbocycles. The lowest BCUT2D eigenvalue weighted by molar-refractivity contribution is -0.134. The zero-order valence-corrected chi connectivity index (χ0v) is 19.9. The SMILES string of the molecule is CC(C)CC(NC(N)=O)C(=O)N1CCN(S(=O)(=O)c2ccc(C3CCCCC3)cc2)CC1. The van der Waals surface area contributed by atoms with E-state index in [9.17, 15) is 18.0 Å². The molecule has 1 heterocycles. The second-order valence-electron chi connectivity index (χ2n) is 9.32. The van der Waals surface area contributed by atoms with Gasteiger partial charge in [-0.2, -0.15) is 4.31 Å². The number of nitrogens with zero attached hydrogens (tertiary/aromatic N) is 2. The number of urea groups is 1. The van der Waals surface area contributed by atoms with Crippen LogP contribution in [0.4, 0.5) is 4.79 Å². The topological polar surface area (TPSA) is 113 Å². The highest BCUT2D eigenvalue weighted by Crippen LogP contribution is 2.33. The van der Waals surface area contributed by atoms with E-state index in [-0.39, 0.29) is 38.0 Å². The molecule has 2 aliphatic rings. The quantitative estimate of drug-likeness (QED) is 0.646. The van der Waals surface area contributed by atoms with Crippen molar-refractivity contribution >= 4 is 22.0 Å². The standard InChI is InChI=1S/C23H36N4O4S/c1-17(2)16-21(25-23(24)29)22(28)26-12-14-27(15-13-26)32(30,31)20-10-8-19(9-11-20)18-6-4-3-5-7-18/h8-11,17-18,21H,3-7,12-16H2,1-2H3,(H3,24,25,29). The molecule has 1 aliphatic carbocycles. The Labute approximate surface area is 191 Å². The molecular weight excluding hydrogens is 428 g/mol. The molecule has 1 aliphatic heterocycles. The minimum atomic E-state index is -3.61. The van der Waals surface area contributed by atoms with Crippen LogP contribution in [-0.2, 0) is 14.8 Å². The van der Waals surface area contributed by atoms with Crippen molar-refractivity contribution in [3.8, 4) is 0 Å². The second kappa shape index (κ2) is 10.7. The Kier molecular flexibility index (Phi) is 8.16. The van der Waals surface area contributed by atoms with Crippen LogP contribution in [0, 0.1) is 5.92 Å². The zero-order valence-electron chi connectivity index (χ0n) is 19.1. The van der Waals surface area contributed by atoms with Gasteiger partial charge in [-0.25, -0.2) is 13.2 Å². The largest absolute Gasteiger partial charge is 0.352 e. The monoisotopic (exact) mass is 464 g/mol. The van der Waals surface area contributed by atoms with Crippen molar-refractivity contribution in [3.63, 3.8) is 0 Å². The van der Waals surface area contributed by atoms with E-state index in [1.165, 1.54) is 42.0 Å². The molecule has 8 nitrogen and oxygen atoms in total. The van der Waals surface area contributed by atoms with Crippen LogP contribution in [0.25, 0.3) is 0 Å². The first kappa shape index (κ1) is 24.5. The maximum Gasteiger partial charge on any atom is 0.312 e. The van der Waals surface area contributed by atoms with Crippen LogP contribution in [-0.4, -0.2) is 61.8 Å². The molecule has 1 aromatic rings. The van der Waals surface area contributed by atoms with Crippen LogP contribution in [0.1, 0.15) is 63.9 Å². The van der Waals surface area contributed by atoms with E-state index in [4.69, 9.17) is 5.73 Å². The molecule has 3 rings (SSSR count). The Morgan fingerprint density at radius 2 is 1.62 bits per heavy atom. The molecule has 1 saturated heterocycles. The summed E-state index contributed by atoms with van der Waals surface area (Å²) in [5, 5.41) is 2.52. The van der Waals surface area contributed by atoms with Gasteiger partial charge in [0.1, 0.15) is 6.04 Å². The smallest absolute Gasteiger partial charge is 0.312 e. The van der Waals surface area contributed by atoms with Gasteiger partial charge in [0.15, 0.2) is 0 Å². The third-order valence-corrected chi connectivity index (χ3v) is 8.38. The highest BCUT2D eigenvalue weighted by Gasteiger charge is 2.33. The number of nitrogens with one attached hydrogen (secondary N) is 1. The highest BCUT2D eigenvalue weighted by atomic mass is 32.2. The normalized spacial score (nSPS) is 19.7. The number of nitrogens with two attached hydrogens (primary N) is 1. The van der Waals surface area contributed by atoms with Crippen molar-refractivity contribution in [2.24, 2.45) is 11.7 Å². The molecule has 0 bridgehead atoms. The minimum Gasteiger partial charge on any atom is -0.352 e. The van der Waals surface area contributed by atoms with Gasteiger partial charge in [0.05, 0.1) is 4.90 Å². The van der Waals surface area contributed by atoms with Crippen molar-refractivity contribution in [2.45, 2.75) is 69.2 Å². The average Bonchev–Trinajstić information content (AvgIpc) is 2.78. The lowest BCUT2D eigenvalue weighted by Crippen LogP contribution is -2.56. The number of amides is 3. The predicted molar refractivity (Wildman–Crippen MR) is 124 cm³/mol. The molecular formula is C23H36N4O4S. The van der Waals surface area contributed by atoms with E-state index in [0.29, 0.717) is 17.2 Å². The van der Waals surface area contributed by atoms with Gasteiger partial charge in [-0.3, -0.25) is 4.79 Å². The summed E-state index contributed by atoms with van der Waals surface area (Å²) in [6, 6.07) is 5.91. The van der Waals surface area contributed by atoms with Crippen molar-refractivity contribution in [1.82, 2.24) is 14.5 Å². The van der Waals surface area contributed by atoms with Gasteiger partial charge in [-0.05, 0) is 48.8 Å². The van der Waals surface area contributed by atoms with Crippen LogP contribution in [0.15, 0.2) is 29.2 Å². The van der Waals surface area contributed by atoms with E-state index in [1.54, 1.807) is 17.0 Å². The van der Waals surface area contributed by atoms with Crippen LogP contribution in [0.3, 0.4) is 0 Å². The summed E-state index contributed by atoms with van der Waals surface area (Å²) in [6.07, 6.45) is 6.58. The molecule has 1 unspecified atom stereocenters. The molecule has 0 radical (unpaired) electrons. The van der Waals surface area contributed by atoms with Crippen LogP contribution >= 0.6 is 0 Å². The van der Waals surface area contributed by atoms with Crippen molar-refractivity contribution in [2.75, 3.05) is 26.2 Å². The van der Waals surface area contributed by atoms with Crippen LogP contribution in [0.5, 0.6) is 0 Å². The van der Waals surface area contributed by atoms with Crippen molar-refractivity contribution < 1.29 is 18.0 Å². The van der Waals surface area contributed by atoms with Gasteiger partial charge >= 0.3 is 6.03 Å². The molecule has 0 spiro atoms. The Hall–Kier alpha value is -2.13. The summed E-state index contributed by atoms with van der Waals surface area (Å²) in [4.78, 5) is 26.1. The van der Waals surface area contributed by atoms with Gasteiger partial charge in [-0.15, -0.1) is 0 Å². The summed E-state index contributed by atoms with van der Waals surface area (Å²) >= 11 is 0. The summed E-state index contributed by atoms with van der Waals surface area (Å²) in [5.41, 5.74) is 6.45. The molecule has 3 amide bonds. The lowest BCUT2D eigenvalue weighted by atomic mass is 9.84. The van der Waals surface area contributed by atoms with Crippen LogP contribution < -0.4 is 11.1 Å². The lowest BCUT2D eigenvalue weighted by Gasteiger charge is -2.36. The second-order valence-corrected chi connectivity index (χ2v) is 11.3. The third-order valence-electron chi connectivity index (χ3n) is 6.47.